The number of likely N-dealkylation sites (N-methyl/N-ethyl adjacent to an activating group) is 1. The number of thiophene rings is 1. The topological polar surface area (TPSA) is 34.1 Å². The molecule has 0 bridgehead atoms. The molecular formula is C18H31N5S. The fourth-order valence-electron chi connectivity index (χ4n) is 3.34. The van der Waals surface area contributed by atoms with Crippen molar-refractivity contribution in [3.05, 3.63) is 17.5 Å². The van der Waals surface area contributed by atoms with Gasteiger partial charge in [-0.3, -0.25) is 9.89 Å². The third kappa shape index (κ3) is 4.63. The second kappa shape index (κ2) is 8.72. The predicted molar refractivity (Wildman–Crippen MR) is 104 cm³/mol. The van der Waals surface area contributed by atoms with E-state index >= 15 is 0 Å². The molecule has 0 atom stereocenters. The van der Waals surface area contributed by atoms with Crippen molar-refractivity contribution in [2.45, 2.75) is 32.7 Å². The highest BCUT2D eigenvalue weighted by Crippen LogP contribution is 2.26. The van der Waals surface area contributed by atoms with Crippen LogP contribution in [0.5, 0.6) is 0 Å². The SMILES string of the molecule is CCNC(=NCCN(CC)C1CC1)N1CCN(c2cccs2)CC1. The molecule has 2 heterocycles. The minimum atomic E-state index is 0.835. The number of hydrogen-bond donors (Lipinski definition) is 1. The largest absolute Gasteiger partial charge is 0.360 e. The lowest BCUT2D eigenvalue weighted by Crippen LogP contribution is -2.52. The van der Waals surface area contributed by atoms with E-state index in [4.69, 9.17) is 4.99 Å². The Hall–Kier alpha value is -1.27. The van der Waals surface area contributed by atoms with Crippen molar-refractivity contribution < 1.29 is 0 Å². The summed E-state index contributed by atoms with van der Waals surface area (Å²) in [6.45, 7) is 12.7. The Labute approximate surface area is 150 Å². The molecule has 1 aliphatic heterocycles. The van der Waals surface area contributed by atoms with Gasteiger partial charge in [-0.05, 0) is 43.8 Å². The molecule has 1 aromatic rings. The van der Waals surface area contributed by atoms with Crippen molar-refractivity contribution in [2.75, 3.05) is 57.3 Å². The molecular weight excluding hydrogens is 318 g/mol. The van der Waals surface area contributed by atoms with E-state index in [1.807, 2.05) is 11.3 Å². The van der Waals surface area contributed by atoms with Crippen LogP contribution in [-0.2, 0) is 0 Å². The molecule has 1 N–H and O–H groups in total. The number of anilines is 1. The summed E-state index contributed by atoms with van der Waals surface area (Å²) >= 11 is 1.83. The van der Waals surface area contributed by atoms with Crippen molar-refractivity contribution in [1.29, 1.82) is 0 Å². The van der Waals surface area contributed by atoms with E-state index in [0.717, 1.165) is 64.4 Å². The third-order valence-corrected chi connectivity index (χ3v) is 5.78. The average molecular weight is 350 g/mol. The lowest BCUT2D eigenvalue weighted by Gasteiger charge is -2.37. The van der Waals surface area contributed by atoms with Gasteiger partial charge in [-0.1, -0.05) is 6.92 Å². The molecule has 2 aliphatic rings. The molecule has 1 aromatic heterocycles. The van der Waals surface area contributed by atoms with Crippen molar-refractivity contribution in [2.24, 2.45) is 4.99 Å². The maximum atomic E-state index is 4.90. The van der Waals surface area contributed by atoms with E-state index in [1.54, 1.807) is 0 Å². The number of aliphatic imine (C=N–C) groups is 1. The Morgan fingerprint density at radius 3 is 2.67 bits per heavy atom. The third-order valence-electron chi connectivity index (χ3n) is 4.85. The first-order valence-corrected chi connectivity index (χ1v) is 10.3. The molecule has 1 saturated heterocycles. The van der Waals surface area contributed by atoms with Crippen LogP contribution in [0.2, 0.25) is 0 Å². The zero-order chi connectivity index (χ0) is 16.8. The van der Waals surface area contributed by atoms with E-state index in [-0.39, 0.29) is 0 Å². The molecule has 2 fully saturated rings. The normalized spacial score (nSPS) is 19.2. The molecule has 0 unspecified atom stereocenters. The van der Waals surface area contributed by atoms with Gasteiger partial charge in [0.05, 0.1) is 11.5 Å². The molecule has 0 spiro atoms. The molecule has 0 radical (unpaired) electrons. The maximum absolute atomic E-state index is 4.90. The van der Waals surface area contributed by atoms with E-state index < -0.39 is 0 Å². The highest BCUT2D eigenvalue weighted by molar-refractivity contribution is 7.14. The van der Waals surface area contributed by atoms with Gasteiger partial charge < -0.3 is 15.1 Å². The highest BCUT2D eigenvalue weighted by atomic mass is 32.1. The standard InChI is InChI=1S/C18H31N5S/c1-3-19-18(20-9-10-21(4-2)16-7-8-16)23-13-11-22(12-14-23)17-6-5-15-24-17/h5-6,15-16H,3-4,7-14H2,1-2H3,(H,19,20). The van der Waals surface area contributed by atoms with Gasteiger partial charge in [-0.2, -0.15) is 0 Å². The van der Waals surface area contributed by atoms with Gasteiger partial charge in [0.2, 0.25) is 0 Å². The van der Waals surface area contributed by atoms with E-state index in [1.165, 1.54) is 17.8 Å². The quantitative estimate of drug-likeness (QED) is 0.605. The number of rotatable bonds is 7. The summed E-state index contributed by atoms with van der Waals surface area (Å²) in [7, 11) is 0. The Kier molecular flexibility index (Phi) is 6.37. The van der Waals surface area contributed by atoms with Crippen LogP contribution < -0.4 is 10.2 Å². The molecule has 1 saturated carbocycles. The molecule has 6 heteroatoms. The van der Waals surface area contributed by atoms with E-state index in [0.29, 0.717) is 0 Å². The summed E-state index contributed by atoms with van der Waals surface area (Å²) < 4.78 is 0. The second-order valence-corrected chi connectivity index (χ2v) is 7.45. The van der Waals surface area contributed by atoms with E-state index in [9.17, 15) is 0 Å². The number of nitrogens with zero attached hydrogens (tertiary/aromatic N) is 4. The lowest BCUT2D eigenvalue weighted by atomic mass is 10.3. The van der Waals surface area contributed by atoms with Crippen LogP contribution in [-0.4, -0.2) is 74.2 Å². The number of guanidine groups is 1. The maximum Gasteiger partial charge on any atom is 0.194 e. The van der Waals surface area contributed by atoms with Crippen molar-refractivity contribution >= 4 is 22.3 Å². The van der Waals surface area contributed by atoms with Gasteiger partial charge in [-0.15, -0.1) is 11.3 Å². The fraction of sp³-hybridized carbons (Fsp3) is 0.722. The predicted octanol–water partition coefficient (Wildman–Crippen LogP) is 2.32. The minimum Gasteiger partial charge on any atom is -0.360 e. The molecule has 5 nitrogen and oxygen atoms in total. The Morgan fingerprint density at radius 1 is 1.29 bits per heavy atom. The van der Waals surface area contributed by atoms with Crippen LogP contribution in [0.1, 0.15) is 26.7 Å². The van der Waals surface area contributed by atoms with Gasteiger partial charge >= 0.3 is 0 Å². The second-order valence-electron chi connectivity index (χ2n) is 6.52. The lowest BCUT2D eigenvalue weighted by molar-refractivity contribution is 0.285. The van der Waals surface area contributed by atoms with E-state index in [2.05, 4.69) is 51.4 Å². The Balaban J connectivity index is 1.50. The molecule has 3 rings (SSSR count). The van der Waals surface area contributed by atoms with Gasteiger partial charge in [0.15, 0.2) is 5.96 Å². The average Bonchev–Trinajstić information content (AvgIpc) is 3.31. The zero-order valence-corrected chi connectivity index (χ0v) is 15.9. The first-order chi connectivity index (χ1) is 11.8. The summed E-state index contributed by atoms with van der Waals surface area (Å²) in [5, 5.41) is 7.03. The molecule has 24 heavy (non-hydrogen) atoms. The summed E-state index contributed by atoms with van der Waals surface area (Å²) in [5.74, 6) is 1.09. The van der Waals surface area contributed by atoms with Crippen LogP contribution in [0.25, 0.3) is 0 Å². The number of hydrogen-bond acceptors (Lipinski definition) is 4. The fourth-order valence-corrected chi connectivity index (χ4v) is 4.12. The minimum absolute atomic E-state index is 0.835. The highest BCUT2D eigenvalue weighted by Gasteiger charge is 2.27. The summed E-state index contributed by atoms with van der Waals surface area (Å²) in [4.78, 5) is 12.4. The summed E-state index contributed by atoms with van der Waals surface area (Å²) in [6.07, 6.45) is 2.75. The molecule has 134 valence electrons. The summed E-state index contributed by atoms with van der Waals surface area (Å²) in [5.41, 5.74) is 0. The zero-order valence-electron chi connectivity index (χ0n) is 15.1. The van der Waals surface area contributed by atoms with Crippen molar-refractivity contribution in [3.63, 3.8) is 0 Å². The van der Waals surface area contributed by atoms with Crippen molar-refractivity contribution in [1.82, 2.24) is 15.1 Å². The van der Waals surface area contributed by atoms with Crippen LogP contribution in [0.15, 0.2) is 22.5 Å². The first kappa shape index (κ1) is 17.5. The summed E-state index contributed by atoms with van der Waals surface area (Å²) in [6, 6.07) is 5.19. The molecule has 1 aliphatic carbocycles. The van der Waals surface area contributed by atoms with Crippen LogP contribution >= 0.6 is 11.3 Å². The Morgan fingerprint density at radius 2 is 2.08 bits per heavy atom. The van der Waals surface area contributed by atoms with Gasteiger partial charge in [0.1, 0.15) is 0 Å². The molecule has 0 aromatic carbocycles. The van der Waals surface area contributed by atoms with Crippen LogP contribution in [0.3, 0.4) is 0 Å². The number of nitrogens with one attached hydrogen (secondary N) is 1. The van der Waals surface area contributed by atoms with Crippen molar-refractivity contribution in [3.8, 4) is 0 Å². The first-order valence-electron chi connectivity index (χ1n) is 9.37. The smallest absolute Gasteiger partial charge is 0.194 e. The van der Waals surface area contributed by atoms with Gasteiger partial charge in [-0.25, -0.2) is 0 Å². The Bertz CT molecular complexity index is 503. The number of piperazine rings is 1. The van der Waals surface area contributed by atoms with Gasteiger partial charge in [0.25, 0.3) is 0 Å². The van der Waals surface area contributed by atoms with Crippen LogP contribution in [0, 0.1) is 0 Å². The monoisotopic (exact) mass is 349 g/mol. The molecule has 0 amide bonds. The van der Waals surface area contributed by atoms with Gasteiger partial charge in [0, 0.05) is 45.3 Å². The van der Waals surface area contributed by atoms with Crippen LogP contribution in [0.4, 0.5) is 5.00 Å².